The van der Waals surface area contributed by atoms with Gasteiger partial charge in [0.05, 0.1) is 10.6 Å². The lowest BCUT2D eigenvalue weighted by Gasteiger charge is -2.35. The summed E-state index contributed by atoms with van der Waals surface area (Å²) < 4.78 is 28.0. The fraction of sp³-hybridized carbons (Fsp3) is 0.455. The number of sulfonamides is 1. The van der Waals surface area contributed by atoms with E-state index in [0.29, 0.717) is 37.9 Å². The number of nitrogens with one attached hydrogen (secondary N) is 1. The van der Waals surface area contributed by atoms with E-state index in [1.54, 1.807) is 6.07 Å². The van der Waals surface area contributed by atoms with Crippen LogP contribution in [0.25, 0.3) is 0 Å². The molecule has 0 saturated carbocycles. The van der Waals surface area contributed by atoms with E-state index in [9.17, 15) is 18.5 Å². The molecule has 0 atom stereocenters. The monoisotopic (exact) mass is 444 g/mol. The van der Waals surface area contributed by atoms with Gasteiger partial charge in [0.2, 0.25) is 10.0 Å². The Labute approximate surface area is 183 Å². The van der Waals surface area contributed by atoms with Crippen molar-refractivity contribution in [1.29, 1.82) is 0 Å². The molecule has 0 radical (unpaired) electrons. The Hall–Kier alpha value is -2.65. The van der Waals surface area contributed by atoms with E-state index in [1.165, 1.54) is 22.0 Å². The van der Waals surface area contributed by atoms with E-state index < -0.39 is 14.9 Å². The predicted octanol–water partition coefficient (Wildman–Crippen LogP) is 3.77. The molecular formula is C22H28N4O4S. The molecule has 2 aromatic rings. The van der Waals surface area contributed by atoms with Gasteiger partial charge >= 0.3 is 0 Å². The van der Waals surface area contributed by atoms with Crippen LogP contribution in [0.1, 0.15) is 31.2 Å². The summed E-state index contributed by atoms with van der Waals surface area (Å²) in [6, 6.07) is 12.8. The number of nitro benzene ring substituents is 1. The van der Waals surface area contributed by atoms with Gasteiger partial charge in [0.1, 0.15) is 4.90 Å². The van der Waals surface area contributed by atoms with Gasteiger partial charge in [-0.05, 0) is 56.4 Å². The van der Waals surface area contributed by atoms with Crippen molar-refractivity contribution in [3.8, 4) is 0 Å². The lowest BCUT2D eigenvalue weighted by atomic mass is 10.0. The zero-order valence-electron chi connectivity index (χ0n) is 17.7. The number of benzene rings is 2. The van der Waals surface area contributed by atoms with Gasteiger partial charge in [-0.25, -0.2) is 8.42 Å². The number of nitrogens with zero attached hydrogens (tertiary/aromatic N) is 3. The molecule has 31 heavy (non-hydrogen) atoms. The first-order valence-electron chi connectivity index (χ1n) is 10.7. The van der Waals surface area contributed by atoms with Gasteiger partial charge in [0.15, 0.2) is 0 Å². The van der Waals surface area contributed by atoms with Crippen LogP contribution in [0.15, 0.2) is 47.4 Å². The summed E-state index contributed by atoms with van der Waals surface area (Å²) in [6.45, 7) is 4.36. The van der Waals surface area contributed by atoms with Crippen molar-refractivity contribution in [3.63, 3.8) is 0 Å². The molecule has 2 aromatic carbocycles. The van der Waals surface area contributed by atoms with Crippen LogP contribution in [0.4, 0.5) is 17.1 Å². The van der Waals surface area contributed by atoms with Crippen LogP contribution < -0.4 is 10.2 Å². The van der Waals surface area contributed by atoms with Gasteiger partial charge in [-0.3, -0.25) is 10.1 Å². The Morgan fingerprint density at radius 2 is 1.74 bits per heavy atom. The van der Waals surface area contributed by atoms with Crippen molar-refractivity contribution in [2.45, 2.75) is 43.5 Å². The second-order valence-electron chi connectivity index (χ2n) is 8.30. The molecule has 4 rings (SSSR count). The van der Waals surface area contributed by atoms with Gasteiger partial charge in [0, 0.05) is 50.0 Å². The third kappa shape index (κ3) is 4.67. The first-order chi connectivity index (χ1) is 14.8. The molecule has 2 aliphatic heterocycles. The van der Waals surface area contributed by atoms with Crippen LogP contribution in [0, 0.1) is 17.0 Å². The Kier molecular flexibility index (Phi) is 6.15. The molecule has 0 unspecified atom stereocenters. The summed E-state index contributed by atoms with van der Waals surface area (Å²) in [5.41, 5.74) is 2.65. The Morgan fingerprint density at radius 3 is 2.39 bits per heavy atom. The molecule has 1 N–H and O–H groups in total. The average molecular weight is 445 g/mol. The Bertz CT molecular complexity index is 1060. The first kappa shape index (κ1) is 21.6. The third-order valence-corrected chi connectivity index (χ3v) is 7.99. The van der Waals surface area contributed by atoms with Crippen LogP contribution >= 0.6 is 0 Å². The summed E-state index contributed by atoms with van der Waals surface area (Å²) >= 11 is 0. The smallest absolute Gasteiger partial charge is 0.270 e. The van der Waals surface area contributed by atoms with Crippen LogP contribution in [-0.2, 0) is 10.0 Å². The van der Waals surface area contributed by atoms with Gasteiger partial charge in [-0.15, -0.1) is 0 Å². The minimum Gasteiger partial charge on any atom is -0.382 e. The SMILES string of the molecule is Cc1cccc(NC2CCN(c3ccc([N+](=O)[O-])cc3S(=O)(=O)N3CCCC3)CC2)c1. The maximum atomic E-state index is 13.3. The molecule has 2 heterocycles. The van der Waals surface area contributed by atoms with E-state index in [4.69, 9.17) is 0 Å². The standard InChI is InChI=1S/C22H28N4O4S/c1-17-5-4-6-19(15-17)23-18-9-13-24(14-10-18)21-8-7-20(26(27)28)16-22(21)31(29,30)25-11-2-3-12-25/h4-8,15-16,18,23H,2-3,9-14H2,1H3. The number of rotatable bonds is 6. The van der Waals surface area contributed by atoms with Crippen molar-refractivity contribution in [1.82, 2.24) is 4.31 Å². The summed E-state index contributed by atoms with van der Waals surface area (Å²) in [6.07, 6.45) is 3.35. The molecule has 0 bridgehead atoms. The number of hydrogen-bond acceptors (Lipinski definition) is 6. The number of non-ortho nitro benzene ring substituents is 1. The van der Waals surface area contributed by atoms with Crippen LogP contribution in [0.3, 0.4) is 0 Å². The molecule has 2 fully saturated rings. The number of nitro groups is 1. The molecule has 2 aliphatic rings. The van der Waals surface area contributed by atoms with Crippen LogP contribution in [-0.4, -0.2) is 49.9 Å². The van der Waals surface area contributed by atoms with Gasteiger partial charge < -0.3 is 10.2 Å². The normalized spacial score (nSPS) is 18.3. The van der Waals surface area contributed by atoms with Gasteiger partial charge in [0.25, 0.3) is 5.69 Å². The van der Waals surface area contributed by atoms with E-state index in [-0.39, 0.29) is 10.6 Å². The number of piperidine rings is 1. The molecule has 166 valence electrons. The highest BCUT2D eigenvalue weighted by Crippen LogP contribution is 2.34. The molecule has 9 heteroatoms. The highest BCUT2D eigenvalue weighted by atomic mass is 32.2. The summed E-state index contributed by atoms with van der Waals surface area (Å²) in [7, 11) is -3.77. The van der Waals surface area contributed by atoms with E-state index in [2.05, 4.69) is 30.4 Å². The second kappa shape index (κ2) is 8.84. The Balaban J connectivity index is 1.55. The molecule has 8 nitrogen and oxygen atoms in total. The quantitative estimate of drug-likeness (QED) is 0.538. The van der Waals surface area contributed by atoms with Crippen molar-refractivity contribution in [3.05, 3.63) is 58.1 Å². The minimum absolute atomic E-state index is 0.0497. The minimum atomic E-state index is -3.77. The van der Waals surface area contributed by atoms with E-state index >= 15 is 0 Å². The number of hydrogen-bond donors (Lipinski definition) is 1. The molecule has 0 aliphatic carbocycles. The highest BCUT2D eigenvalue weighted by molar-refractivity contribution is 7.89. The molecule has 0 aromatic heterocycles. The lowest BCUT2D eigenvalue weighted by molar-refractivity contribution is -0.385. The predicted molar refractivity (Wildman–Crippen MR) is 121 cm³/mol. The van der Waals surface area contributed by atoms with Crippen LogP contribution in [0.5, 0.6) is 0 Å². The van der Waals surface area contributed by atoms with Crippen molar-refractivity contribution < 1.29 is 13.3 Å². The fourth-order valence-corrected chi connectivity index (χ4v) is 6.14. The Morgan fingerprint density at radius 1 is 1.03 bits per heavy atom. The molecular weight excluding hydrogens is 416 g/mol. The largest absolute Gasteiger partial charge is 0.382 e. The lowest BCUT2D eigenvalue weighted by Crippen LogP contribution is -2.40. The van der Waals surface area contributed by atoms with Crippen molar-refractivity contribution in [2.75, 3.05) is 36.4 Å². The average Bonchev–Trinajstić information content (AvgIpc) is 3.30. The van der Waals surface area contributed by atoms with E-state index in [0.717, 1.165) is 31.4 Å². The topological polar surface area (TPSA) is 95.8 Å². The van der Waals surface area contributed by atoms with Crippen LogP contribution in [0.2, 0.25) is 0 Å². The van der Waals surface area contributed by atoms with Gasteiger partial charge in [-0.2, -0.15) is 4.31 Å². The zero-order chi connectivity index (χ0) is 22.0. The second-order valence-corrected chi connectivity index (χ2v) is 10.2. The first-order valence-corrected chi connectivity index (χ1v) is 12.2. The number of aryl methyl sites for hydroxylation is 1. The molecule has 2 saturated heterocycles. The third-order valence-electron chi connectivity index (χ3n) is 6.06. The van der Waals surface area contributed by atoms with Gasteiger partial charge in [-0.1, -0.05) is 12.1 Å². The number of anilines is 2. The highest BCUT2D eigenvalue weighted by Gasteiger charge is 2.33. The summed E-state index contributed by atoms with van der Waals surface area (Å²) in [5, 5.41) is 14.9. The fourth-order valence-electron chi connectivity index (χ4n) is 4.39. The molecule has 0 spiro atoms. The summed E-state index contributed by atoms with van der Waals surface area (Å²) in [5.74, 6) is 0. The van der Waals surface area contributed by atoms with E-state index in [1.807, 2.05) is 11.0 Å². The zero-order valence-corrected chi connectivity index (χ0v) is 18.5. The maximum absolute atomic E-state index is 13.3. The van der Waals surface area contributed by atoms with Crippen molar-refractivity contribution in [2.24, 2.45) is 0 Å². The maximum Gasteiger partial charge on any atom is 0.270 e. The van der Waals surface area contributed by atoms with Crippen molar-refractivity contribution >= 4 is 27.1 Å². The molecule has 0 amide bonds. The summed E-state index contributed by atoms with van der Waals surface area (Å²) in [4.78, 5) is 12.9.